The number of carbonyl (C=O) groups is 1. The molecule has 7 heteroatoms. The molecule has 2 aliphatic rings. The van der Waals surface area contributed by atoms with Crippen LogP contribution in [0.25, 0.3) is 5.52 Å². The van der Waals surface area contributed by atoms with Crippen LogP contribution in [-0.4, -0.2) is 69.6 Å². The predicted octanol–water partition coefficient (Wildman–Crippen LogP) is 1.47. The lowest BCUT2D eigenvalue weighted by Gasteiger charge is -2.28. The lowest BCUT2D eigenvalue weighted by Crippen LogP contribution is -2.42. The first kappa shape index (κ1) is 16.3. The van der Waals surface area contributed by atoms with Crippen LogP contribution < -0.4 is 5.32 Å². The SMILES string of the molecule is CN(CCCNc1ncnn2cccc12)C(=O)CN1CC2CCC1C2. The number of aromatic nitrogens is 3. The molecule has 1 N–H and O–H groups in total. The molecule has 2 atom stereocenters. The van der Waals surface area contributed by atoms with Crippen LogP contribution >= 0.6 is 0 Å². The van der Waals surface area contributed by atoms with Gasteiger partial charge in [0.15, 0.2) is 5.82 Å². The summed E-state index contributed by atoms with van der Waals surface area (Å²) >= 11 is 0. The van der Waals surface area contributed by atoms with Crippen molar-refractivity contribution in [2.75, 3.05) is 38.5 Å². The summed E-state index contributed by atoms with van der Waals surface area (Å²) in [5.74, 6) is 1.91. The van der Waals surface area contributed by atoms with Crippen molar-refractivity contribution in [1.29, 1.82) is 0 Å². The molecule has 2 aromatic heterocycles. The molecule has 1 aliphatic heterocycles. The van der Waals surface area contributed by atoms with Gasteiger partial charge in [-0.15, -0.1) is 0 Å². The normalized spacial score (nSPS) is 22.6. The van der Waals surface area contributed by atoms with Gasteiger partial charge in [0.1, 0.15) is 11.8 Å². The maximum Gasteiger partial charge on any atom is 0.236 e. The second kappa shape index (κ2) is 7.00. The molecule has 1 aliphatic carbocycles. The maximum absolute atomic E-state index is 12.4. The summed E-state index contributed by atoms with van der Waals surface area (Å²) in [6.07, 6.45) is 8.28. The minimum atomic E-state index is 0.239. The number of hydrogen-bond donors (Lipinski definition) is 1. The van der Waals surface area contributed by atoms with Crippen LogP contribution in [0.1, 0.15) is 25.7 Å². The third kappa shape index (κ3) is 3.46. The second-order valence-electron chi connectivity index (χ2n) is 7.30. The molecule has 25 heavy (non-hydrogen) atoms. The summed E-state index contributed by atoms with van der Waals surface area (Å²) in [4.78, 5) is 21.0. The number of likely N-dealkylation sites (tertiary alicyclic amines) is 1. The highest BCUT2D eigenvalue weighted by Gasteiger charge is 2.38. The number of amides is 1. The van der Waals surface area contributed by atoms with E-state index in [1.807, 2.05) is 30.3 Å². The van der Waals surface area contributed by atoms with Gasteiger partial charge < -0.3 is 10.2 Å². The molecule has 2 bridgehead atoms. The number of fused-ring (bicyclic) bond motifs is 3. The van der Waals surface area contributed by atoms with Gasteiger partial charge in [-0.25, -0.2) is 9.50 Å². The Bertz CT molecular complexity index is 744. The number of rotatable bonds is 7. The van der Waals surface area contributed by atoms with E-state index in [1.54, 1.807) is 10.8 Å². The Balaban J connectivity index is 1.20. The third-order valence-corrected chi connectivity index (χ3v) is 5.58. The minimum Gasteiger partial charge on any atom is -0.368 e. The number of nitrogens with zero attached hydrogens (tertiary/aromatic N) is 5. The molecule has 134 valence electrons. The highest BCUT2D eigenvalue weighted by atomic mass is 16.2. The van der Waals surface area contributed by atoms with E-state index < -0.39 is 0 Å². The molecule has 1 amide bonds. The lowest BCUT2D eigenvalue weighted by molar-refractivity contribution is -0.131. The zero-order valence-corrected chi connectivity index (χ0v) is 14.8. The van der Waals surface area contributed by atoms with E-state index in [2.05, 4.69) is 20.3 Å². The van der Waals surface area contributed by atoms with Crippen molar-refractivity contribution in [1.82, 2.24) is 24.4 Å². The number of likely N-dealkylation sites (N-methyl/N-ethyl adjacent to an activating group) is 1. The van der Waals surface area contributed by atoms with Gasteiger partial charge in [0.05, 0.1) is 6.54 Å². The number of carbonyl (C=O) groups excluding carboxylic acids is 1. The summed E-state index contributed by atoms with van der Waals surface area (Å²) in [5, 5.41) is 7.50. The van der Waals surface area contributed by atoms with Crippen LogP contribution in [0.3, 0.4) is 0 Å². The molecule has 2 fully saturated rings. The second-order valence-corrected chi connectivity index (χ2v) is 7.30. The molecular weight excluding hydrogens is 316 g/mol. The third-order valence-electron chi connectivity index (χ3n) is 5.58. The fraction of sp³-hybridized carbons (Fsp3) is 0.611. The van der Waals surface area contributed by atoms with Gasteiger partial charge in [-0.05, 0) is 43.7 Å². The van der Waals surface area contributed by atoms with E-state index >= 15 is 0 Å². The summed E-state index contributed by atoms with van der Waals surface area (Å²) in [6, 6.07) is 4.60. The van der Waals surface area contributed by atoms with Crippen molar-refractivity contribution in [2.45, 2.75) is 31.7 Å². The van der Waals surface area contributed by atoms with Crippen LogP contribution in [0, 0.1) is 5.92 Å². The summed E-state index contributed by atoms with van der Waals surface area (Å²) in [7, 11) is 1.91. The zero-order valence-electron chi connectivity index (χ0n) is 14.8. The van der Waals surface area contributed by atoms with Gasteiger partial charge in [0.25, 0.3) is 0 Å². The standard InChI is InChI=1S/C18H26N6O/c1-22(17(25)12-23-11-14-5-6-15(23)10-14)8-3-7-19-18-16-4-2-9-24(16)21-13-20-18/h2,4,9,13-15H,3,5-8,10-12H2,1H3,(H,19,20,21). The van der Waals surface area contributed by atoms with E-state index in [9.17, 15) is 4.79 Å². The molecule has 0 radical (unpaired) electrons. The Morgan fingerprint density at radius 1 is 1.44 bits per heavy atom. The molecule has 0 aromatic carbocycles. The fourth-order valence-electron chi connectivity index (χ4n) is 4.16. The first-order valence-corrected chi connectivity index (χ1v) is 9.21. The molecule has 1 saturated carbocycles. The number of nitrogens with one attached hydrogen (secondary N) is 1. The van der Waals surface area contributed by atoms with Crippen molar-refractivity contribution in [3.05, 3.63) is 24.7 Å². The van der Waals surface area contributed by atoms with Gasteiger partial charge in [-0.2, -0.15) is 5.10 Å². The number of anilines is 1. The molecular formula is C18H26N6O. The Morgan fingerprint density at radius 2 is 2.36 bits per heavy atom. The Morgan fingerprint density at radius 3 is 3.16 bits per heavy atom. The monoisotopic (exact) mass is 342 g/mol. The van der Waals surface area contributed by atoms with E-state index in [-0.39, 0.29) is 5.91 Å². The summed E-state index contributed by atoms with van der Waals surface area (Å²) in [6.45, 7) is 3.24. The fourth-order valence-corrected chi connectivity index (χ4v) is 4.16. The van der Waals surface area contributed by atoms with Crippen molar-refractivity contribution >= 4 is 17.2 Å². The van der Waals surface area contributed by atoms with Gasteiger partial charge in [0, 0.05) is 38.9 Å². The van der Waals surface area contributed by atoms with Crippen molar-refractivity contribution in [2.24, 2.45) is 5.92 Å². The average molecular weight is 342 g/mol. The topological polar surface area (TPSA) is 65.8 Å². The number of piperidine rings is 1. The van der Waals surface area contributed by atoms with Crippen molar-refractivity contribution in [3.63, 3.8) is 0 Å². The molecule has 7 nitrogen and oxygen atoms in total. The smallest absolute Gasteiger partial charge is 0.236 e. The molecule has 4 rings (SSSR count). The van der Waals surface area contributed by atoms with Crippen LogP contribution in [0.15, 0.2) is 24.7 Å². The van der Waals surface area contributed by atoms with E-state index in [0.717, 1.165) is 43.3 Å². The Kier molecular flexibility index (Phi) is 4.57. The Hall–Kier alpha value is -2.15. The summed E-state index contributed by atoms with van der Waals surface area (Å²) < 4.78 is 1.80. The highest BCUT2D eigenvalue weighted by Crippen LogP contribution is 2.36. The molecule has 1 saturated heterocycles. The van der Waals surface area contributed by atoms with Gasteiger partial charge in [0.2, 0.25) is 5.91 Å². The molecule has 2 unspecified atom stereocenters. The van der Waals surface area contributed by atoms with Crippen LogP contribution in [0.5, 0.6) is 0 Å². The number of hydrogen-bond acceptors (Lipinski definition) is 5. The lowest BCUT2D eigenvalue weighted by atomic mass is 10.1. The van der Waals surface area contributed by atoms with Crippen molar-refractivity contribution < 1.29 is 4.79 Å². The van der Waals surface area contributed by atoms with E-state index in [4.69, 9.17) is 0 Å². The quantitative estimate of drug-likeness (QED) is 0.772. The molecule has 3 heterocycles. The first-order chi connectivity index (χ1) is 12.2. The van der Waals surface area contributed by atoms with Crippen LogP contribution in [0.4, 0.5) is 5.82 Å². The van der Waals surface area contributed by atoms with Crippen molar-refractivity contribution in [3.8, 4) is 0 Å². The molecule has 2 aromatic rings. The largest absolute Gasteiger partial charge is 0.368 e. The van der Waals surface area contributed by atoms with E-state index in [0.29, 0.717) is 12.6 Å². The van der Waals surface area contributed by atoms with Gasteiger partial charge >= 0.3 is 0 Å². The average Bonchev–Trinajstić information content (AvgIpc) is 3.34. The highest BCUT2D eigenvalue weighted by molar-refractivity contribution is 5.78. The minimum absolute atomic E-state index is 0.239. The maximum atomic E-state index is 12.4. The molecule has 0 spiro atoms. The van der Waals surface area contributed by atoms with E-state index in [1.165, 1.54) is 19.3 Å². The Labute approximate surface area is 148 Å². The predicted molar refractivity (Wildman–Crippen MR) is 96.4 cm³/mol. The summed E-state index contributed by atoms with van der Waals surface area (Å²) in [5.41, 5.74) is 0.969. The first-order valence-electron chi connectivity index (χ1n) is 9.21. The van der Waals surface area contributed by atoms with Crippen LogP contribution in [-0.2, 0) is 4.79 Å². The van der Waals surface area contributed by atoms with Gasteiger partial charge in [-0.1, -0.05) is 0 Å². The van der Waals surface area contributed by atoms with Crippen LogP contribution in [0.2, 0.25) is 0 Å². The van der Waals surface area contributed by atoms with Gasteiger partial charge in [-0.3, -0.25) is 9.69 Å². The zero-order chi connectivity index (χ0) is 17.2.